The minimum atomic E-state index is -0.149. The predicted molar refractivity (Wildman–Crippen MR) is 233 cm³/mol. The topological polar surface area (TPSA) is 29.0 Å². The SMILES string of the molecule is CC1(C)c2ccccc2-c2ccc(N(c3ccc(-c4ccccc4)cc3)c3nc(-c4ccc5sc6cc7ccccc7cc6c5c4)c4ccccc4n3)cc21. The van der Waals surface area contributed by atoms with Crippen LogP contribution in [0.2, 0.25) is 0 Å². The highest BCUT2D eigenvalue weighted by atomic mass is 32.1. The Hall–Kier alpha value is -6.62. The number of rotatable bonds is 5. The van der Waals surface area contributed by atoms with E-state index in [1.807, 2.05) is 11.3 Å². The number of fused-ring (bicyclic) bond motifs is 8. The van der Waals surface area contributed by atoms with Crippen LogP contribution in [0.25, 0.3) is 75.4 Å². The van der Waals surface area contributed by atoms with Crippen LogP contribution in [0, 0.1) is 0 Å². The van der Waals surface area contributed by atoms with Crippen molar-refractivity contribution >= 4 is 70.5 Å². The van der Waals surface area contributed by atoms with Crippen LogP contribution in [-0.4, -0.2) is 9.97 Å². The van der Waals surface area contributed by atoms with Gasteiger partial charge in [0.05, 0.1) is 11.2 Å². The van der Waals surface area contributed by atoms with Crippen molar-refractivity contribution in [3.8, 4) is 33.5 Å². The smallest absolute Gasteiger partial charge is 0.235 e. The molecule has 3 nitrogen and oxygen atoms in total. The summed E-state index contributed by atoms with van der Waals surface area (Å²) in [5.41, 5.74) is 12.4. The van der Waals surface area contributed by atoms with Crippen LogP contribution in [0.4, 0.5) is 17.3 Å². The summed E-state index contributed by atoms with van der Waals surface area (Å²) in [6.07, 6.45) is 0. The highest BCUT2D eigenvalue weighted by Crippen LogP contribution is 2.50. The number of hydrogen-bond acceptors (Lipinski definition) is 4. The number of benzene rings is 8. The average Bonchev–Trinajstić information content (AvgIpc) is 3.70. The minimum absolute atomic E-state index is 0.149. The van der Waals surface area contributed by atoms with E-state index in [2.05, 4.69) is 195 Å². The Kier molecular flexibility index (Phi) is 7.07. The van der Waals surface area contributed by atoms with E-state index in [1.165, 1.54) is 64.3 Å². The first-order chi connectivity index (χ1) is 27.0. The highest BCUT2D eigenvalue weighted by molar-refractivity contribution is 7.25. The van der Waals surface area contributed by atoms with Crippen LogP contribution < -0.4 is 4.90 Å². The monoisotopic (exact) mass is 721 g/mol. The maximum atomic E-state index is 5.51. The molecule has 1 aliphatic carbocycles. The van der Waals surface area contributed by atoms with E-state index in [9.17, 15) is 0 Å². The molecule has 0 spiro atoms. The summed E-state index contributed by atoms with van der Waals surface area (Å²) in [4.78, 5) is 13.1. The average molecular weight is 722 g/mol. The molecule has 0 atom stereocenters. The molecule has 0 bridgehead atoms. The van der Waals surface area contributed by atoms with E-state index in [-0.39, 0.29) is 5.41 Å². The van der Waals surface area contributed by atoms with Gasteiger partial charge in [-0.3, -0.25) is 4.90 Å². The molecule has 0 N–H and O–H groups in total. The molecule has 260 valence electrons. The zero-order valence-corrected chi connectivity index (χ0v) is 31.3. The second-order valence-corrected chi connectivity index (χ2v) is 16.1. The maximum Gasteiger partial charge on any atom is 0.235 e. The first kappa shape index (κ1) is 31.9. The summed E-state index contributed by atoms with van der Waals surface area (Å²) in [7, 11) is 0. The van der Waals surface area contributed by atoms with Gasteiger partial charge >= 0.3 is 0 Å². The second-order valence-electron chi connectivity index (χ2n) is 15.0. The maximum absolute atomic E-state index is 5.51. The van der Waals surface area contributed by atoms with E-state index in [1.54, 1.807) is 0 Å². The van der Waals surface area contributed by atoms with Crippen molar-refractivity contribution < 1.29 is 0 Å². The lowest BCUT2D eigenvalue weighted by molar-refractivity contribution is 0.660. The van der Waals surface area contributed by atoms with Gasteiger partial charge in [0.2, 0.25) is 5.95 Å². The third kappa shape index (κ3) is 5.10. The fourth-order valence-corrected chi connectivity index (χ4v) is 9.76. The summed E-state index contributed by atoms with van der Waals surface area (Å²) in [5, 5.41) is 6.08. The Morgan fingerprint density at radius 2 is 1.11 bits per heavy atom. The van der Waals surface area contributed by atoms with Crippen molar-refractivity contribution in [2.24, 2.45) is 0 Å². The normalized spacial score (nSPS) is 13.1. The fraction of sp³-hybridized carbons (Fsp3) is 0.0588. The number of nitrogens with zero attached hydrogens (tertiary/aromatic N) is 3. The summed E-state index contributed by atoms with van der Waals surface area (Å²) in [6.45, 7) is 4.66. The van der Waals surface area contributed by atoms with Crippen LogP contribution in [-0.2, 0) is 5.41 Å². The van der Waals surface area contributed by atoms with Gasteiger partial charge in [-0.2, -0.15) is 0 Å². The first-order valence-electron chi connectivity index (χ1n) is 18.8. The van der Waals surface area contributed by atoms with Crippen molar-refractivity contribution in [1.82, 2.24) is 9.97 Å². The lowest BCUT2D eigenvalue weighted by Gasteiger charge is -2.27. The zero-order chi connectivity index (χ0) is 36.7. The lowest BCUT2D eigenvalue weighted by atomic mass is 9.82. The Morgan fingerprint density at radius 1 is 0.455 bits per heavy atom. The van der Waals surface area contributed by atoms with Crippen molar-refractivity contribution in [1.29, 1.82) is 0 Å². The van der Waals surface area contributed by atoms with E-state index >= 15 is 0 Å². The summed E-state index contributed by atoms with van der Waals surface area (Å²) in [6, 6.07) is 63.5. The third-order valence-electron chi connectivity index (χ3n) is 11.5. The number of thiophene rings is 1. The van der Waals surface area contributed by atoms with Gasteiger partial charge in [-0.15, -0.1) is 11.3 Å². The van der Waals surface area contributed by atoms with Gasteiger partial charge in [0.1, 0.15) is 0 Å². The number of hydrogen-bond donors (Lipinski definition) is 0. The molecule has 8 aromatic carbocycles. The predicted octanol–water partition coefficient (Wildman–Crippen LogP) is 14.3. The van der Waals surface area contributed by atoms with Crippen LogP contribution >= 0.6 is 11.3 Å². The Bertz CT molecular complexity index is 3120. The van der Waals surface area contributed by atoms with Crippen LogP contribution in [0.5, 0.6) is 0 Å². The molecular formula is C51H35N3S. The molecule has 0 unspecified atom stereocenters. The summed E-state index contributed by atoms with van der Waals surface area (Å²) in [5.74, 6) is 0.635. The Balaban J connectivity index is 1.12. The standard InChI is InChI=1S/C51H35N3S/c1-51(2)44-18-10-8-16-39(44)40-26-25-38(31-45(40)51)54(37-23-20-33(21-24-37)32-12-4-3-5-13-32)50-52-46-19-11-9-17-41(46)49(53-50)36-22-27-47-42(29-36)43-28-34-14-6-7-15-35(34)30-48(43)55-47/h3-31H,1-2H3. The Morgan fingerprint density at radius 3 is 1.96 bits per heavy atom. The van der Waals surface area contributed by atoms with Crippen LogP contribution in [0.15, 0.2) is 176 Å². The van der Waals surface area contributed by atoms with Crippen molar-refractivity contribution in [3.63, 3.8) is 0 Å². The molecule has 2 aromatic heterocycles. The molecular weight excluding hydrogens is 687 g/mol. The summed E-state index contributed by atoms with van der Waals surface area (Å²) < 4.78 is 2.57. The van der Waals surface area contributed by atoms with Gasteiger partial charge in [0, 0.05) is 47.9 Å². The molecule has 10 aromatic rings. The molecule has 2 heterocycles. The molecule has 0 saturated heterocycles. The largest absolute Gasteiger partial charge is 0.279 e. The van der Waals surface area contributed by atoms with Crippen molar-refractivity contribution in [2.75, 3.05) is 4.90 Å². The molecule has 0 fully saturated rings. The molecule has 0 saturated carbocycles. The number of aromatic nitrogens is 2. The Labute approximate surface area is 323 Å². The van der Waals surface area contributed by atoms with Crippen LogP contribution in [0.3, 0.4) is 0 Å². The van der Waals surface area contributed by atoms with E-state index in [0.717, 1.165) is 33.5 Å². The quantitative estimate of drug-likeness (QED) is 0.177. The van der Waals surface area contributed by atoms with E-state index < -0.39 is 0 Å². The molecule has 1 aliphatic rings. The highest BCUT2D eigenvalue weighted by Gasteiger charge is 2.36. The molecule has 11 rings (SSSR count). The number of anilines is 3. The molecule has 55 heavy (non-hydrogen) atoms. The van der Waals surface area contributed by atoms with E-state index in [0.29, 0.717) is 5.95 Å². The molecule has 0 amide bonds. The molecule has 0 aliphatic heterocycles. The third-order valence-corrected chi connectivity index (χ3v) is 12.6. The van der Waals surface area contributed by atoms with Gasteiger partial charge in [0.15, 0.2) is 0 Å². The van der Waals surface area contributed by atoms with Gasteiger partial charge in [-0.1, -0.05) is 135 Å². The van der Waals surface area contributed by atoms with Crippen molar-refractivity contribution in [3.05, 3.63) is 187 Å². The summed E-state index contributed by atoms with van der Waals surface area (Å²) >= 11 is 1.85. The number of para-hydroxylation sites is 1. The first-order valence-corrected chi connectivity index (χ1v) is 19.6. The zero-order valence-electron chi connectivity index (χ0n) is 30.5. The van der Waals surface area contributed by atoms with Crippen LogP contribution in [0.1, 0.15) is 25.0 Å². The van der Waals surface area contributed by atoms with E-state index in [4.69, 9.17) is 9.97 Å². The minimum Gasteiger partial charge on any atom is -0.279 e. The van der Waals surface area contributed by atoms with Crippen molar-refractivity contribution in [2.45, 2.75) is 19.3 Å². The fourth-order valence-electron chi connectivity index (χ4n) is 8.64. The van der Waals surface area contributed by atoms with Gasteiger partial charge < -0.3 is 0 Å². The molecule has 4 heteroatoms. The lowest BCUT2D eigenvalue weighted by Crippen LogP contribution is -2.17. The molecule has 0 radical (unpaired) electrons. The second kappa shape index (κ2) is 12.2. The van der Waals surface area contributed by atoms with Gasteiger partial charge in [-0.05, 0) is 98.8 Å². The van der Waals surface area contributed by atoms with Gasteiger partial charge in [0.25, 0.3) is 0 Å². The van der Waals surface area contributed by atoms with Gasteiger partial charge in [-0.25, -0.2) is 9.97 Å².